The first-order chi connectivity index (χ1) is 24.1. The molecule has 1 aromatic heterocycles. The molecule has 1 aromatic carbocycles. The van der Waals surface area contributed by atoms with Gasteiger partial charge < -0.3 is 29.7 Å². The van der Waals surface area contributed by atoms with E-state index in [4.69, 9.17) is 24.8 Å². The molecule has 1 saturated carbocycles. The topological polar surface area (TPSA) is 165 Å². The molecule has 5 rings (SSSR count). The molecule has 13 nitrogen and oxygen atoms in total. The van der Waals surface area contributed by atoms with Gasteiger partial charge in [0, 0.05) is 37.5 Å². The summed E-state index contributed by atoms with van der Waals surface area (Å²) in [4.78, 5) is 43.4. The van der Waals surface area contributed by atoms with E-state index in [0.717, 1.165) is 12.1 Å². The number of likely N-dealkylation sites (tertiary alicyclic amines) is 2. The maximum absolute atomic E-state index is 14.7. The minimum absolute atomic E-state index is 0.0186. The lowest BCUT2D eigenvalue weighted by Gasteiger charge is -2.39. The Bertz CT molecular complexity index is 1660. The fourth-order valence-electron chi connectivity index (χ4n) is 6.83. The number of nitrogens with two attached hydrogens (primary N) is 1. The van der Waals surface area contributed by atoms with Crippen LogP contribution in [-0.4, -0.2) is 93.9 Å². The first-order valence-corrected chi connectivity index (χ1v) is 17.0. The van der Waals surface area contributed by atoms with Crippen LogP contribution in [0.4, 0.5) is 18.0 Å². The number of aromatic nitrogens is 2. The van der Waals surface area contributed by atoms with Gasteiger partial charge in [0.25, 0.3) is 0 Å². The molecule has 0 radical (unpaired) electrons. The molecule has 16 heteroatoms. The third-order valence-corrected chi connectivity index (χ3v) is 9.48. The zero-order valence-electron chi connectivity index (χ0n) is 29.4. The molecule has 3 fully saturated rings. The summed E-state index contributed by atoms with van der Waals surface area (Å²) in [5.74, 6) is -3.36. The highest BCUT2D eigenvalue weighted by molar-refractivity contribution is 5.94. The van der Waals surface area contributed by atoms with Gasteiger partial charge in [-0.2, -0.15) is 15.2 Å². The molecule has 0 unspecified atom stereocenters. The lowest BCUT2D eigenvalue weighted by Crippen LogP contribution is -2.50. The molecule has 3 heterocycles. The highest BCUT2D eigenvalue weighted by Crippen LogP contribution is 2.46. The predicted octanol–water partition coefficient (Wildman–Crippen LogP) is 4.91. The number of hydrogen-bond acceptors (Lipinski definition) is 11. The number of carbonyl (C=O) groups is 2. The first kappa shape index (κ1) is 37.6. The van der Waals surface area contributed by atoms with Crippen LogP contribution in [0, 0.1) is 23.0 Å². The molecule has 3 aliphatic rings. The van der Waals surface area contributed by atoms with Crippen molar-refractivity contribution < 1.29 is 41.8 Å². The van der Waals surface area contributed by atoms with E-state index >= 15 is 0 Å². The fourth-order valence-corrected chi connectivity index (χ4v) is 6.83. The number of carbonyl (C=O) groups excluding carboxylic acids is 2. The third-order valence-electron chi connectivity index (χ3n) is 9.48. The molecule has 2 N–H and O–H groups in total. The number of ether oxygens (including phenoxy) is 3. The van der Waals surface area contributed by atoms with Gasteiger partial charge in [-0.3, -0.25) is 4.90 Å². The van der Waals surface area contributed by atoms with Crippen molar-refractivity contribution in [2.75, 3.05) is 20.1 Å². The van der Waals surface area contributed by atoms with E-state index in [1.54, 1.807) is 34.7 Å². The van der Waals surface area contributed by atoms with E-state index in [9.17, 15) is 28.0 Å². The normalized spacial score (nSPS) is 24.2. The second-order valence-electron chi connectivity index (χ2n) is 14.4. The number of likely N-dealkylation sites (N-methyl/N-ethyl adjacent to an activating group) is 1. The fraction of sp³-hybridized carbons (Fsp3) is 0.600. The van der Waals surface area contributed by atoms with Crippen molar-refractivity contribution in [3.63, 3.8) is 0 Å². The van der Waals surface area contributed by atoms with Gasteiger partial charge in [-0.05, 0) is 66.1 Å². The average molecular weight is 716 g/mol. The number of hydrogen-bond donors (Lipinski definition) is 1. The van der Waals surface area contributed by atoms with Crippen molar-refractivity contribution >= 4 is 17.9 Å². The number of nitriles is 1. The van der Waals surface area contributed by atoms with Crippen LogP contribution in [0.1, 0.15) is 84.0 Å². The van der Waals surface area contributed by atoms with E-state index in [1.165, 1.54) is 17.0 Å². The monoisotopic (exact) mass is 715 g/mol. The molecular formula is C35H44F3N7O6. The molecule has 2 saturated heterocycles. The van der Waals surface area contributed by atoms with Crippen molar-refractivity contribution in [1.29, 1.82) is 5.26 Å². The summed E-state index contributed by atoms with van der Waals surface area (Å²) < 4.78 is 61.5. The summed E-state index contributed by atoms with van der Waals surface area (Å²) >= 11 is 0. The zero-order valence-corrected chi connectivity index (χ0v) is 29.4. The smallest absolute Gasteiger partial charge is 0.410 e. The SMILES string of the molecule is C[C@H](Oc1cc(O[C@H]2CCN(C(=O)OC(C)(C)C)[C@H](CC#N)C2)nc(C(N)=NOC(=O)C2(c3c(F)cccc3F)CCC2)n1)[C@@H]1C[C@@H](F)CN1C. The highest BCUT2D eigenvalue weighted by atomic mass is 19.1. The van der Waals surface area contributed by atoms with Crippen LogP contribution in [0.15, 0.2) is 29.4 Å². The molecule has 0 spiro atoms. The van der Waals surface area contributed by atoms with E-state index in [2.05, 4.69) is 21.2 Å². The van der Waals surface area contributed by atoms with Gasteiger partial charge in [-0.1, -0.05) is 17.6 Å². The van der Waals surface area contributed by atoms with Gasteiger partial charge >= 0.3 is 12.1 Å². The number of nitrogens with zero attached hydrogens (tertiary/aromatic N) is 6. The summed E-state index contributed by atoms with van der Waals surface area (Å²) in [5.41, 5.74) is 3.55. The first-order valence-electron chi connectivity index (χ1n) is 17.0. The molecule has 0 bridgehead atoms. The minimum Gasteiger partial charge on any atom is -0.474 e. The van der Waals surface area contributed by atoms with E-state index in [1.807, 2.05) is 4.90 Å². The molecule has 276 valence electrons. The van der Waals surface area contributed by atoms with Crippen LogP contribution in [-0.2, 0) is 19.8 Å². The van der Waals surface area contributed by atoms with Crippen molar-refractivity contribution in [2.24, 2.45) is 10.9 Å². The summed E-state index contributed by atoms with van der Waals surface area (Å²) in [6.45, 7) is 7.58. The number of piperidine rings is 1. The van der Waals surface area contributed by atoms with Gasteiger partial charge in [0.1, 0.15) is 41.0 Å². The molecule has 1 aliphatic carbocycles. The quantitative estimate of drug-likeness (QED) is 0.154. The Morgan fingerprint density at radius 3 is 2.45 bits per heavy atom. The summed E-state index contributed by atoms with van der Waals surface area (Å²) in [6, 6.07) is 6.18. The van der Waals surface area contributed by atoms with E-state index in [-0.39, 0.29) is 68.0 Å². The predicted molar refractivity (Wildman–Crippen MR) is 177 cm³/mol. The Kier molecular flexibility index (Phi) is 11.3. The number of oxime groups is 1. The number of alkyl halides is 1. The van der Waals surface area contributed by atoms with Gasteiger partial charge in [-0.25, -0.2) is 22.8 Å². The van der Waals surface area contributed by atoms with Crippen LogP contribution in [0.5, 0.6) is 11.8 Å². The molecule has 1 amide bonds. The molecule has 5 atom stereocenters. The minimum atomic E-state index is -1.57. The molecular weight excluding hydrogens is 671 g/mol. The van der Waals surface area contributed by atoms with Gasteiger partial charge in [0.15, 0.2) is 0 Å². The number of halogens is 3. The Labute approximate surface area is 294 Å². The van der Waals surface area contributed by atoms with Crippen LogP contribution < -0.4 is 15.2 Å². The van der Waals surface area contributed by atoms with Crippen molar-refractivity contribution in [3.05, 3.63) is 47.3 Å². The third kappa shape index (κ3) is 8.63. The average Bonchev–Trinajstić information content (AvgIpc) is 3.37. The second kappa shape index (κ2) is 15.3. The maximum atomic E-state index is 14.7. The lowest BCUT2D eigenvalue weighted by atomic mass is 9.64. The largest absolute Gasteiger partial charge is 0.474 e. The summed E-state index contributed by atoms with van der Waals surface area (Å²) in [6.07, 6.45) is -0.694. The van der Waals surface area contributed by atoms with Crippen molar-refractivity contribution in [1.82, 2.24) is 19.8 Å². The highest BCUT2D eigenvalue weighted by Gasteiger charge is 2.51. The van der Waals surface area contributed by atoms with Gasteiger partial charge in [-0.15, -0.1) is 0 Å². The Morgan fingerprint density at radius 1 is 1.18 bits per heavy atom. The van der Waals surface area contributed by atoms with Crippen LogP contribution in [0.3, 0.4) is 0 Å². The Hall–Kier alpha value is -4.65. The lowest BCUT2D eigenvalue weighted by molar-refractivity contribution is -0.154. The molecule has 51 heavy (non-hydrogen) atoms. The van der Waals surface area contributed by atoms with Crippen LogP contribution in [0.2, 0.25) is 0 Å². The maximum Gasteiger partial charge on any atom is 0.410 e. The molecule has 2 aromatic rings. The zero-order chi connectivity index (χ0) is 37.1. The van der Waals surface area contributed by atoms with E-state index in [0.29, 0.717) is 19.3 Å². The number of benzene rings is 1. The number of amidine groups is 1. The number of rotatable bonds is 10. The van der Waals surface area contributed by atoms with E-state index < -0.39 is 65.0 Å². The van der Waals surface area contributed by atoms with Crippen molar-refractivity contribution in [3.8, 4) is 17.8 Å². The number of amides is 1. The van der Waals surface area contributed by atoms with Crippen LogP contribution in [0.25, 0.3) is 0 Å². The van der Waals surface area contributed by atoms with Crippen LogP contribution >= 0.6 is 0 Å². The summed E-state index contributed by atoms with van der Waals surface area (Å²) in [5, 5.41) is 13.2. The van der Waals surface area contributed by atoms with Crippen molar-refractivity contribution in [2.45, 2.75) is 114 Å². The van der Waals surface area contributed by atoms with Gasteiger partial charge in [0.05, 0.1) is 24.6 Å². The summed E-state index contributed by atoms with van der Waals surface area (Å²) in [7, 11) is 1.80. The Balaban J connectivity index is 1.38. The molecule has 2 aliphatic heterocycles. The van der Waals surface area contributed by atoms with Gasteiger partial charge in [0.2, 0.25) is 23.4 Å². The standard InChI is InChI=1S/C35H44F3N7O6/c1-20(26-16-21(36)19-44(26)5)48-27-18-28(49-23-11-15-45(22(17-23)10-14-39)33(47)50-34(2,3)4)42-31(41-27)30(40)43-51-32(46)35(12-7-13-35)29-24(37)8-6-9-25(29)38/h6,8-9,18,20-23,26H,7,10-13,15-17,19H2,1-5H3,(H2,40,43)/t20-,21+,22+,23-,26-/m0/s1. The second-order valence-corrected chi connectivity index (χ2v) is 14.4. The Morgan fingerprint density at radius 2 is 1.86 bits per heavy atom.